The first-order chi connectivity index (χ1) is 9.56. The van der Waals surface area contributed by atoms with E-state index in [4.69, 9.17) is 0 Å². The van der Waals surface area contributed by atoms with E-state index in [1.54, 1.807) is 12.1 Å². The van der Waals surface area contributed by atoms with Gasteiger partial charge in [-0.05, 0) is 35.4 Å². The molecule has 6 nitrogen and oxygen atoms in total. The lowest BCUT2D eigenvalue weighted by Gasteiger charge is -2.03. The monoisotopic (exact) mass is 268 g/mol. The molecule has 6 heteroatoms. The molecule has 0 aliphatic carbocycles. The SMILES string of the molecule is O=C([O-])c1cccc(N=Nc2cccc(C(=O)[O-])c2)c1. The van der Waals surface area contributed by atoms with Gasteiger partial charge < -0.3 is 19.8 Å². The molecular weight excluding hydrogens is 260 g/mol. The zero-order valence-corrected chi connectivity index (χ0v) is 10.1. The highest BCUT2D eigenvalue weighted by molar-refractivity contribution is 5.87. The lowest BCUT2D eigenvalue weighted by Crippen LogP contribution is -2.21. The highest BCUT2D eigenvalue weighted by Gasteiger charge is 1.97. The topological polar surface area (TPSA) is 105 Å². The van der Waals surface area contributed by atoms with Crippen LogP contribution in [0, 0.1) is 0 Å². The molecule has 0 N–H and O–H groups in total. The third kappa shape index (κ3) is 3.26. The Morgan fingerprint density at radius 1 is 0.750 bits per heavy atom. The van der Waals surface area contributed by atoms with E-state index in [0.717, 1.165) is 0 Å². The van der Waals surface area contributed by atoms with Crippen LogP contribution in [0.1, 0.15) is 20.7 Å². The minimum atomic E-state index is -1.30. The minimum Gasteiger partial charge on any atom is -0.545 e. The van der Waals surface area contributed by atoms with Crippen molar-refractivity contribution in [1.82, 2.24) is 0 Å². The number of carboxylic acids is 2. The Labute approximate surface area is 114 Å². The number of hydrogen-bond donors (Lipinski definition) is 0. The second-order valence-electron chi connectivity index (χ2n) is 3.88. The van der Waals surface area contributed by atoms with Crippen molar-refractivity contribution in [3.8, 4) is 0 Å². The van der Waals surface area contributed by atoms with Crippen LogP contribution in [0.5, 0.6) is 0 Å². The van der Waals surface area contributed by atoms with Crippen LogP contribution >= 0.6 is 0 Å². The van der Waals surface area contributed by atoms with Crippen LogP contribution in [0.15, 0.2) is 58.8 Å². The van der Waals surface area contributed by atoms with E-state index in [-0.39, 0.29) is 11.1 Å². The molecule has 0 aliphatic rings. The average Bonchev–Trinajstić information content (AvgIpc) is 2.45. The van der Waals surface area contributed by atoms with Crippen molar-refractivity contribution in [3.05, 3.63) is 59.7 Å². The number of carboxylic acid groups (broad SMARTS) is 2. The molecular formula is C14H8N2O4-2. The second-order valence-corrected chi connectivity index (χ2v) is 3.88. The summed E-state index contributed by atoms with van der Waals surface area (Å²) in [6, 6.07) is 11.5. The van der Waals surface area contributed by atoms with Gasteiger partial charge in [-0.15, -0.1) is 0 Å². The van der Waals surface area contributed by atoms with Gasteiger partial charge in [0, 0.05) is 0 Å². The molecule has 0 saturated carbocycles. The molecule has 2 rings (SSSR count). The fourth-order valence-corrected chi connectivity index (χ4v) is 1.51. The summed E-state index contributed by atoms with van der Waals surface area (Å²) < 4.78 is 0. The van der Waals surface area contributed by atoms with Crippen molar-refractivity contribution in [1.29, 1.82) is 0 Å². The van der Waals surface area contributed by atoms with Crippen LogP contribution in [-0.4, -0.2) is 11.9 Å². The summed E-state index contributed by atoms with van der Waals surface area (Å²) in [6.07, 6.45) is 0. The van der Waals surface area contributed by atoms with Crippen molar-refractivity contribution in [2.45, 2.75) is 0 Å². The molecule has 2 aromatic rings. The fraction of sp³-hybridized carbons (Fsp3) is 0. The van der Waals surface area contributed by atoms with E-state index >= 15 is 0 Å². The Morgan fingerprint density at radius 2 is 1.15 bits per heavy atom. The summed E-state index contributed by atoms with van der Waals surface area (Å²) in [4.78, 5) is 21.4. The summed E-state index contributed by atoms with van der Waals surface area (Å²) in [5.74, 6) is -2.61. The Morgan fingerprint density at radius 3 is 1.50 bits per heavy atom. The smallest absolute Gasteiger partial charge is 0.0863 e. The van der Waals surface area contributed by atoms with Crippen LogP contribution in [-0.2, 0) is 0 Å². The van der Waals surface area contributed by atoms with Gasteiger partial charge in [-0.25, -0.2) is 0 Å². The molecule has 0 aliphatic heterocycles. The van der Waals surface area contributed by atoms with Gasteiger partial charge in [0.15, 0.2) is 0 Å². The highest BCUT2D eigenvalue weighted by Crippen LogP contribution is 2.19. The first-order valence-electron chi connectivity index (χ1n) is 5.61. The number of carbonyl (C=O) groups excluding carboxylic acids is 2. The van der Waals surface area contributed by atoms with Crippen molar-refractivity contribution in [2.24, 2.45) is 10.2 Å². The zero-order valence-electron chi connectivity index (χ0n) is 10.1. The number of benzene rings is 2. The molecule has 0 atom stereocenters. The van der Waals surface area contributed by atoms with Crippen molar-refractivity contribution >= 4 is 23.3 Å². The molecule has 0 amide bonds. The molecule has 0 heterocycles. The van der Waals surface area contributed by atoms with E-state index < -0.39 is 11.9 Å². The van der Waals surface area contributed by atoms with Crippen LogP contribution in [0.3, 0.4) is 0 Å². The van der Waals surface area contributed by atoms with Crippen molar-refractivity contribution in [3.63, 3.8) is 0 Å². The molecule has 0 bridgehead atoms. The average molecular weight is 268 g/mol. The number of hydrogen-bond acceptors (Lipinski definition) is 6. The quantitative estimate of drug-likeness (QED) is 0.765. The number of azo groups is 1. The Kier molecular flexibility index (Phi) is 3.85. The maximum absolute atomic E-state index is 10.7. The van der Waals surface area contributed by atoms with Gasteiger partial charge in [-0.2, -0.15) is 10.2 Å². The molecule has 0 spiro atoms. The number of nitrogens with zero attached hydrogens (tertiary/aromatic N) is 2. The standard InChI is InChI=1S/C14H10N2O4/c17-13(18)9-3-1-5-11(7-9)15-16-12-6-2-4-10(8-12)14(19)20/h1-8H,(H,17,18)(H,19,20)/p-2. The van der Waals surface area contributed by atoms with Crippen LogP contribution < -0.4 is 10.2 Å². The summed E-state index contributed by atoms with van der Waals surface area (Å²) in [7, 11) is 0. The fourth-order valence-electron chi connectivity index (χ4n) is 1.51. The van der Waals surface area contributed by atoms with Crippen LogP contribution in [0.4, 0.5) is 11.4 Å². The lowest BCUT2D eigenvalue weighted by atomic mass is 10.2. The normalized spacial score (nSPS) is 10.6. The van der Waals surface area contributed by atoms with Crippen LogP contribution in [0.25, 0.3) is 0 Å². The van der Waals surface area contributed by atoms with Gasteiger partial charge in [0.25, 0.3) is 0 Å². The number of aromatic carboxylic acids is 2. The van der Waals surface area contributed by atoms with E-state index in [0.29, 0.717) is 11.4 Å². The first kappa shape index (κ1) is 13.4. The molecule has 2 aromatic carbocycles. The van der Waals surface area contributed by atoms with Crippen LogP contribution in [0.2, 0.25) is 0 Å². The molecule has 0 unspecified atom stereocenters. The van der Waals surface area contributed by atoms with Gasteiger partial charge in [0.05, 0.1) is 23.3 Å². The molecule has 100 valence electrons. The van der Waals surface area contributed by atoms with Gasteiger partial charge in [-0.1, -0.05) is 24.3 Å². The predicted octanol–water partition coefficient (Wildman–Crippen LogP) is 0.829. The van der Waals surface area contributed by atoms with E-state index in [1.807, 2.05) is 0 Å². The van der Waals surface area contributed by atoms with Gasteiger partial charge >= 0.3 is 0 Å². The lowest BCUT2D eigenvalue weighted by molar-refractivity contribution is -0.256. The van der Waals surface area contributed by atoms with E-state index in [1.165, 1.54) is 36.4 Å². The van der Waals surface area contributed by atoms with E-state index in [9.17, 15) is 19.8 Å². The molecule has 0 aromatic heterocycles. The first-order valence-corrected chi connectivity index (χ1v) is 5.61. The maximum Gasteiger partial charge on any atom is 0.0863 e. The second kappa shape index (κ2) is 5.75. The molecule has 0 radical (unpaired) electrons. The molecule has 0 saturated heterocycles. The minimum absolute atomic E-state index is 0.00932. The predicted molar refractivity (Wildman–Crippen MR) is 65.7 cm³/mol. The molecule has 20 heavy (non-hydrogen) atoms. The van der Waals surface area contributed by atoms with Gasteiger partial charge in [0.1, 0.15) is 0 Å². The molecule has 0 fully saturated rings. The Bertz CT molecular complexity index is 636. The summed E-state index contributed by atoms with van der Waals surface area (Å²) >= 11 is 0. The Balaban J connectivity index is 2.25. The van der Waals surface area contributed by atoms with Gasteiger partial charge in [-0.3, -0.25) is 0 Å². The maximum atomic E-state index is 10.7. The summed E-state index contributed by atoms with van der Waals surface area (Å²) in [6.45, 7) is 0. The highest BCUT2D eigenvalue weighted by atomic mass is 16.4. The van der Waals surface area contributed by atoms with Crippen molar-refractivity contribution in [2.75, 3.05) is 0 Å². The summed E-state index contributed by atoms with van der Waals surface area (Å²) in [5, 5.41) is 29.1. The van der Waals surface area contributed by atoms with Crippen molar-refractivity contribution < 1.29 is 19.8 Å². The largest absolute Gasteiger partial charge is 0.545 e. The number of carbonyl (C=O) groups is 2. The third-order valence-electron chi connectivity index (χ3n) is 2.44. The summed E-state index contributed by atoms with van der Waals surface area (Å²) in [5.41, 5.74) is 0.631. The third-order valence-corrected chi connectivity index (χ3v) is 2.44. The van der Waals surface area contributed by atoms with Gasteiger partial charge in [0.2, 0.25) is 0 Å². The van der Waals surface area contributed by atoms with E-state index in [2.05, 4.69) is 10.2 Å². The number of rotatable bonds is 4. The Hall–Kier alpha value is -3.02. The zero-order chi connectivity index (χ0) is 14.5.